The molecule has 104 valence electrons. The van der Waals surface area contributed by atoms with Crippen LogP contribution in [0.1, 0.15) is 56.3 Å². The quantitative estimate of drug-likeness (QED) is 0.815. The zero-order chi connectivity index (χ0) is 13.9. The second-order valence-electron chi connectivity index (χ2n) is 5.62. The lowest BCUT2D eigenvalue weighted by Gasteiger charge is -2.44. The van der Waals surface area contributed by atoms with Gasteiger partial charge in [-0.05, 0) is 31.9 Å². The molecule has 0 spiro atoms. The van der Waals surface area contributed by atoms with Crippen molar-refractivity contribution in [2.24, 2.45) is 0 Å². The maximum atomic E-state index is 12.4. The molecule has 0 bridgehead atoms. The number of amides is 1. The number of rotatable bonds is 5. The van der Waals surface area contributed by atoms with Gasteiger partial charge in [-0.3, -0.25) is 4.79 Å². The van der Waals surface area contributed by atoms with Gasteiger partial charge in [-0.1, -0.05) is 38.3 Å². The van der Waals surface area contributed by atoms with Crippen molar-refractivity contribution in [3.63, 3.8) is 0 Å². The summed E-state index contributed by atoms with van der Waals surface area (Å²) in [5, 5.41) is 3.54. The van der Waals surface area contributed by atoms with E-state index in [2.05, 4.69) is 19.2 Å². The van der Waals surface area contributed by atoms with Crippen LogP contribution in [0.3, 0.4) is 0 Å². The van der Waals surface area contributed by atoms with E-state index in [-0.39, 0.29) is 11.6 Å². The molecule has 1 heterocycles. The number of benzene rings is 1. The van der Waals surface area contributed by atoms with Crippen LogP contribution >= 0.6 is 0 Å². The molecule has 1 aliphatic heterocycles. The number of carbonyl (C=O) groups is 1. The molecule has 0 saturated carbocycles. The molecule has 19 heavy (non-hydrogen) atoms. The molecule has 0 aliphatic carbocycles. The number of unbranched alkanes of at least 4 members (excludes halogenated alkanes) is 3. The summed E-state index contributed by atoms with van der Waals surface area (Å²) in [5.74, 6) is 0.118. The molecule has 1 aliphatic rings. The summed E-state index contributed by atoms with van der Waals surface area (Å²) < 4.78 is 0. The maximum Gasteiger partial charge on any atom is 0.257 e. The maximum absolute atomic E-state index is 12.4. The zero-order valence-electron chi connectivity index (χ0n) is 12.2. The number of nitrogens with zero attached hydrogens (tertiary/aromatic N) is 1. The average molecular weight is 260 g/mol. The smallest absolute Gasteiger partial charge is 0.257 e. The van der Waals surface area contributed by atoms with E-state index in [4.69, 9.17) is 0 Å². The van der Waals surface area contributed by atoms with E-state index < -0.39 is 0 Å². The highest BCUT2D eigenvalue weighted by molar-refractivity contribution is 6.01. The fourth-order valence-electron chi connectivity index (χ4n) is 2.68. The summed E-state index contributed by atoms with van der Waals surface area (Å²) in [7, 11) is 1.89. The lowest BCUT2D eigenvalue weighted by Crippen LogP contribution is -2.56. The van der Waals surface area contributed by atoms with Gasteiger partial charge in [0.2, 0.25) is 0 Å². The van der Waals surface area contributed by atoms with E-state index in [0.29, 0.717) is 0 Å². The van der Waals surface area contributed by atoms with E-state index in [0.717, 1.165) is 24.1 Å². The summed E-state index contributed by atoms with van der Waals surface area (Å²) in [6, 6.07) is 7.76. The van der Waals surface area contributed by atoms with Crippen LogP contribution in [0.5, 0.6) is 0 Å². The van der Waals surface area contributed by atoms with Gasteiger partial charge in [0, 0.05) is 12.7 Å². The van der Waals surface area contributed by atoms with E-state index in [1.807, 2.05) is 36.2 Å². The van der Waals surface area contributed by atoms with Crippen molar-refractivity contribution in [1.29, 1.82) is 0 Å². The summed E-state index contributed by atoms with van der Waals surface area (Å²) >= 11 is 0. The Morgan fingerprint density at radius 1 is 1.21 bits per heavy atom. The number of hydrogen-bond donors (Lipinski definition) is 1. The monoisotopic (exact) mass is 260 g/mol. The Labute approximate surface area is 116 Å². The predicted molar refractivity (Wildman–Crippen MR) is 79.3 cm³/mol. The average Bonchev–Trinajstić information content (AvgIpc) is 2.41. The molecule has 0 fully saturated rings. The highest BCUT2D eigenvalue weighted by atomic mass is 16.2. The third-order valence-electron chi connectivity index (χ3n) is 4.12. The van der Waals surface area contributed by atoms with Crippen molar-refractivity contribution >= 4 is 11.6 Å². The topological polar surface area (TPSA) is 32.3 Å². The van der Waals surface area contributed by atoms with Crippen LogP contribution in [0.4, 0.5) is 5.69 Å². The number of anilines is 1. The van der Waals surface area contributed by atoms with Crippen LogP contribution in [0.15, 0.2) is 24.3 Å². The molecule has 0 aromatic heterocycles. The Kier molecular flexibility index (Phi) is 4.13. The van der Waals surface area contributed by atoms with Crippen molar-refractivity contribution in [1.82, 2.24) is 4.90 Å². The van der Waals surface area contributed by atoms with Crippen molar-refractivity contribution in [3.8, 4) is 0 Å². The molecule has 3 nitrogen and oxygen atoms in total. The van der Waals surface area contributed by atoms with Crippen molar-refractivity contribution in [3.05, 3.63) is 29.8 Å². The number of hydrogen-bond acceptors (Lipinski definition) is 2. The first-order valence-corrected chi connectivity index (χ1v) is 7.24. The lowest BCUT2D eigenvalue weighted by molar-refractivity contribution is 0.0600. The number of para-hydroxylation sites is 1. The van der Waals surface area contributed by atoms with Crippen LogP contribution in [0.25, 0.3) is 0 Å². The van der Waals surface area contributed by atoms with E-state index >= 15 is 0 Å². The van der Waals surface area contributed by atoms with Crippen molar-refractivity contribution in [2.75, 3.05) is 12.4 Å². The lowest BCUT2D eigenvalue weighted by atomic mass is 9.96. The van der Waals surface area contributed by atoms with Crippen LogP contribution in [0, 0.1) is 0 Å². The van der Waals surface area contributed by atoms with Crippen LogP contribution < -0.4 is 5.32 Å². The Bertz CT molecular complexity index is 458. The Morgan fingerprint density at radius 3 is 2.68 bits per heavy atom. The molecule has 2 rings (SSSR count). The summed E-state index contributed by atoms with van der Waals surface area (Å²) in [6.45, 7) is 4.33. The Morgan fingerprint density at radius 2 is 1.95 bits per heavy atom. The van der Waals surface area contributed by atoms with E-state index in [9.17, 15) is 4.79 Å². The summed E-state index contributed by atoms with van der Waals surface area (Å²) in [4.78, 5) is 14.3. The first-order valence-electron chi connectivity index (χ1n) is 7.24. The minimum Gasteiger partial charge on any atom is -0.362 e. The van der Waals surface area contributed by atoms with Gasteiger partial charge >= 0.3 is 0 Å². The van der Waals surface area contributed by atoms with Gasteiger partial charge in [0.05, 0.1) is 5.56 Å². The second-order valence-corrected chi connectivity index (χ2v) is 5.62. The predicted octanol–water partition coefficient (Wildman–Crippen LogP) is 3.87. The normalized spacial score (nSPS) is 22.1. The standard InChI is InChI=1S/C16H24N2O/c1-4-5-6-9-12-16(2)17-14-11-8-7-10-13(14)15(19)18(16)3/h7-8,10-11,17H,4-6,9,12H2,1-3H3. The molecule has 1 amide bonds. The van der Waals surface area contributed by atoms with Gasteiger partial charge in [0.25, 0.3) is 5.91 Å². The zero-order valence-corrected chi connectivity index (χ0v) is 12.2. The molecule has 1 unspecified atom stereocenters. The Balaban J connectivity index is 2.13. The number of fused-ring (bicyclic) bond motifs is 1. The first-order chi connectivity index (χ1) is 9.08. The third kappa shape index (κ3) is 2.75. The van der Waals surface area contributed by atoms with Crippen LogP contribution in [-0.2, 0) is 0 Å². The van der Waals surface area contributed by atoms with Crippen LogP contribution in [0.2, 0.25) is 0 Å². The van der Waals surface area contributed by atoms with Gasteiger partial charge in [0.15, 0.2) is 0 Å². The van der Waals surface area contributed by atoms with Crippen LogP contribution in [-0.4, -0.2) is 23.5 Å². The summed E-state index contributed by atoms with van der Waals surface area (Å²) in [6.07, 6.45) is 5.88. The first kappa shape index (κ1) is 13.9. The number of nitrogens with one attached hydrogen (secondary N) is 1. The van der Waals surface area contributed by atoms with Gasteiger partial charge in [-0.25, -0.2) is 0 Å². The molecular weight excluding hydrogens is 236 g/mol. The molecule has 1 aromatic rings. The highest BCUT2D eigenvalue weighted by Crippen LogP contribution is 2.33. The van der Waals surface area contributed by atoms with Crippen molar-refractivity contribution < 1.29 is 4.79 Å². The molecule has 1 N–H and O–H groups in total. The SMILES string of the molecule is CCCCCCC1(C)Nc2ccccc2C(=O)N1C. The minimum absolute atomic E-state index is 0.118. The fraction of sp³-hybridized carbons (Fsp3) is 0.562. The number of carbonyl (C=O) groups excluding carboxylic acids is 1. The van der Waals surface area contributed by atoms with Gasteiger partial charge in [-0.15, -0.1) is 0 Å². The highest BCUT2D eigenvalue weighted by Gasteiger charge is 2.37. The largest absolute Gasteiger partial charge is 0.362 e. The molecular formula is C16H24N2O. The molecule has 0 saturated heterocycles. The van der Waals surface area contributed by atoms with E-state index in [1.54, 1.807) is 0 Å². The Hall–Kier alpha value is -1.51. The molecule has 0 radical (unpaired) electrons. The van der Waals surface area contributed by atoms with E-state index in [1.165, 1.54) is 19.3 Å². The van der Waals surface area contributed by atoms with Gasteiger partial charge in [0.1, 0.15) is 5.66 Å². The molecule has 1 atom stereocenters. The molecule has 3 heteroatoms. The van der Waals surface area contributed by atoms with Gasteiger partial charge < -0.3 is 10.2 Å². The van der Waals surface area contributed by atoms with Gasteiger partial charge in [-0.2, -0.15) is 0 Å². The fourth-order valence-corrected chi connectivity index (χ4v) is 2.68. The van der Waals surface area contributed by atoms with Crippen molar-refractivity contribution in [2.45, 2.75) is 51.6 Å². The second kappa shape index (κ2) is 5.64. The minimum atomic E-state index is -0.265. The third-order valence-corrected chi connectivity index (χ3v) is 4.12. The molecule has 1 aromatic carbocycles. The summed E-state index contributed by atoms with van der Waals surface area (Å²) in [5.41, 5.74) is 1.47.